The van der Waals surface area contributed by atoms with E-state index in [2.05, 4.69) is 10.3 Å². The molecule has 0 radical (unpaired) electrons. The van der Waals surface area contributed by atoms with Crippen molar-refractivity contribution in [1.82, 2.24) is 4.98 Å². The molecule has 174 valence electrons. The third-order valence-electron chi connectivity index (χ3n) is 5.16. The minimum atomic E-state index is -1.00. The van der Waals surface area contributed by atoms with Crippen LogP contribution in [-0.4, -0.2) is 46.0 Å². The highest BCUT2D eigenvalue weighted by atomic mass is 35.5. The lowest BCUT2D eigenvalue weighted by atomic mass is 10.0. The SMILES string of the molecule is CC1(C)C(=O)N(c2ccc(C#N)c(Cl)c2)C(=S)N1c1ccc2sc(NC(=O)OCCO)nc2c1. The van der Waals surface area contributed by atoms with Gasteiger partial charge in [-0.05, 0) is 62.5 Å². The fraction of sp³-hybridized carbons (Fsp3) is 0.227. The van der Waals surface area contributed by atoms with Crippen LogP contribution >= 0.6 is 35.2 Å². The molecule has 0 saturated carbocycles. The molecule has 34 heavy (non-hydrogen) atoms. The van der Waals surface area contributed by atoms with Gasteiger partial charge in [0.05, 0.1) is 33.1 Å². The highest BCUT2D eigenvalue weighted by Gasteiger charge is 2.50. The maximum atomic E-state index is 13.4. The van der Waals surface area contributed by atoms with Crippen molar-refractivity contribution in [1.29, 1.82) is 5.26 Å². The summed E-state index contributed by atoms with van der Waals surface area (Å²) in [5.74, 6) is -0.245. The van der Waals surface area contributed by atoms with Crippen LogP contribution in [0.3, 0.4) is 0 Å². The summed E-state index contributed by atoms with van der Waals surface area (Å²) in [5, 5.41) is 21.2. The van der Waals surface area contributed by atoms with Crippen LogP contribution in [0.2, 0.25) is 5.02 Å². The monoisotopic (exact) mass is 515 g/mol. The molecule has 3 aromatic rings. The van der Waals surface area contributed by atoms with E-state index in [1.54, 1.807) is 43.0 Å². The normalized spacial score (nSPS) is 15.0. The Morgan fingerprint density at radius 3 is 2.74 bits per heavy atom. The summed E-state index contributed by atoms with van der Waals surface area (Å²) >= 11 is 13.1. The predicted octanol–water partition coefficient (Wildman–Crippen LogP) is 4.28. The van der Waals surface area contributed by atoms with Crippen LogP contribution in [0.1, 0.15) is 19.4 Å². The number of fused-ring (bicyclic) bond motifs is 1. The second kappa shape index (κ2) is 9.15. The van der Waals surface area contributed by atoms with E-state index in [-0.39, 0.29) is 29.3 Å². The summed E-state index contributed by atoms with van der Waals surface area (Å²) in [5.41, 5.74) is 1.02. The first-order valence-corrected chi connectivity index (χ1v) is 11.6. The van der Waals surface area contributed by atoms with E-state index in [9.17, 15) is 9.59 Å². The molecule has 12 heteroatoms. The fourth-order valence-electron chi connectivity index (χ4n) is 3.56. The van der Waals surface area contributed by atoms with Crippen molar-refractivity contribution in [2.45, 2.75) is 19.4 Å². The minimum absolute atomic E-state index is 0.114. The first-order chi connectivity index (χ1) is 16.2. The molecule has 1 fully saturated rings. The number of aliphatic hydroxyl groups excluding tert-OH is 1. The number of thiocarbonyl (C=S) groups is 1. The number of hydrogen-bond donors (Lipinski definition) is 2. The molecule has 0 unspecified atom stereocenters. The lowest BCUT2D eigenvalue weighted by Crippen LogP contribution is -2.44. The number of halogens is 1. The van der Waals surface area contributed by atoms with Gasteiger partial charge < -0.3 is 14.7 Å². The average molecular weight is 516 g/mol. The number of aromatic nitrogens is 1. The minimum Gasteiger partial charge on any atom is -0.447 e. The summed E-state index contributed by atoms with van der Waals surface area (Å²) in [7, 11) is 0. The van der Waals surface area contributed by atoms with E-state index in [1.807, 2.05) is 18.2 Å². The Morgan fingerprint density at radius 2 is 2.06 bits per heavy atom. The number of anilines is 3. The van der Waals surface area contributed by atoms with Gasteiger partial charge in [-0.2, -0.15) is 5.26 Å². The zero-order valence-electron chi connectivity index (χ0n) is 18.0. The van der Waals surface area contributed by atoms with Crippen LogP contribution in [0.4, 0.5) is 21.3 Å². The molecule has 0 spiro atoms. The average Bonchev–Trinajstić information content (AvgIpc) is 3.26. The number of amides is 2. The van der Waals surface area contributed by atoms with Gasteiger partial charge in [-0.25, -0.2) is 9.78 Å². The second-order valence-corrected chi connectivity index (χ2v) is 9.55. The molecule has 1 aliphatic rings. The maximum Gasteiger partial charge on any atom is 0.413 e. The summed E-state index contributed by atoms with van der Waals surface area (Å²) in [6.45, 7) is 3.15. The smallest absolute Gasteiger partial charge is 0.413 e. The number of thiazole rings is 1. The van der Waals surface area contributed by atoms with Crippen LogP contribution in [0.15, 0.2) is 36.4 Å². The van der Waals surface area contributed by atoms with Gasteiger partial charge in [-0.1, -0.05) is 22.9 Å². The zero-order valence-corrected chi connectivity index (χ0v) is 20.4. The standard InChI is InChI=1S/C22H18ClN5O4S2/c1-22(2)18(30)27(13-4-3-12(11-24)15(23)9-13)21(33)28(22)14-5-6-17-16(10-14)25-19(34-17)26-20(31)32-8-7-29/h3-6,9-10,29H,7-8H2,1-2H3,(H,25,26,31). The van der Waals surface area contributed by atoms with E-state index in [0.29, 0.717) is 27.6 Å². The Kier molecular flexibility index (Phi) is 6.42. The molecule has 0 bridgehead atoms. The molecular formula is C22H18ClN5O4S2. The number of carbonyl (C=O) groups is 2. The van der Waals surface area contributed by atoms with E-state index < -0.39 is 11.6 Å². The molecule has 1 aliphatic heterocycles. The van der Waals surface area contributed by atoms with E-state index in [0.717, 1.165) is 4.70 Å². The van der Waals surface area contributed by atoms with Gasteiger partial charge in [-0.15, -0.1) is 0 Å². The Bertz CT molecular complexity index is 1370. The molecule has 0 aliphatic carbocycles. The quantitative estimate of drug-likeness (QED) is 0.483. The van der Waals surface area contributed by atoms with Gasteiger partial charge in [0, 0.05) is 5.69 Å². The number of rotatable bonds is 5. The molecule has 2 heterocycles. The fourth-order valence-corrected chi connectivity index (χ4v) is 5.13. The maximum absolute atomic E-state index is 13.4. The molecule has 2 aromatic carbocycles. The van der Waals surface area contributed by atoms with Gasteiger partial charge in [0.2, 0.25) is 0 Å². The van der Waals surface area contributed by atoms with Gasteiger partial charge in [0.15, 0.2) is 10.2 Å². The number of carbonyl (C=O) groups excluding carboxylic acids is 2. The first kappa shape index (κ1) is 23.8. The lowest BCUT2D eigenvalue weighted by molar-refractivity contribution is -0.120. The molecule has 0 atom stereocenters. The van der Waals surface area contributed by atoms with E-state index in [1.165, 1.54) is 16.2 Å². The van der Waals surface area contributed by atoms with Crippen LogP contribution < -0.4 is 15.1 Å². The van der Waals surface area contributed by atoms with Crippen molar-refractivity contribution in [3.05, 3.63) is 47.0 Å². The Morgan fingerprint density at radius 1 is 1.32 bits per heavy atom. The predicted molar refractivity (Wildman–Crippen MR) is 134 cm³/mol. The molecular weight excluding hydrogens is 498 g/mol. The summed E-state index contributed by atoms with van der Waals surface area (Å²) < 4.78 is 5.61. The van der Waals surface area contributed by atoms with Crippen molar-refractivity contribution in [2.24, 2.45) is 0 Å². The van der Waals surface area contributed by atoms with Gasteiger partial charge in [-0.3, -0.25) is 15.0 Å². The van der Waals surface area contributed by atoms with Crippen molar-refractivity contribution < 1.29 is 19.4 Å². The number of aliphatic hydroxyl groups is 1. The van der Waals surface area contributed by atoms with Crippen LogP contribution in [-0.2, 0) is 9.53 Å². The Balaban J connectivity index is 1.66. The van der Waals surface area contributed by atoms with E-state index in [4.69, 9.17) is 38.9 Å². The third kappa shape index (κ3) is 4.17. The number of hydrogen-bond acceptors (Lipinski definition) is 8. The number of nitrogens with zero attached hydrogens (tertiary/aromatic N) is 4. The van der Waals surface area contributed by atoms with Gasteiger partial charge in [0.1, 0.15) is 18.2 Å². The highest BCUT2D eigenvalue weighted by molar-refractivity contribution is 7.81. The number of ether oxygens (including phenoxy) is 1. The number of nitrogens with one attached hydrogen (secondary N) is 1. The van der Waals surface area contributed by atoms with Crippen LogP contribution in [0.25, 0.3) is 10.2 Å². The van der Waals surface area contributed by atoms with Crippen molar-refractivity contribution in [3.8, 4) is 6.07 Å². The second-order valence-electron chi connectivity index (χ2n) is 7.75. The zero-order chi connectivity index (χ0) is 24.6. The van der Waals surface area contributed by atoms with Gasteiger partial charge >= 0.3 is 6.09 Å². The summed E-state index contributed by atoms with van der Waals surface area (Å²) in [4.78, 5) is 32.7. The van der Waals surface area contributed by atoms with Crippen molar-refractivity contribution in [3.63, 3.8) is 0 Å². The van der Waals surface area contributed by atoms with E-state index >= 15 is 0 Å². The van der Waals surface area contributed by atoms with Gasteiger partial charge in [0.25, 0.3) is 5.91 Å². The largest absolute Gasteiger partial charge is 0.447 e. The molecule has 1 aromatic heterocycles. The molecule has 1 saturated heterocycles. The Hall–Kier alpha value is -3.30. The molecule has 4 rings (SSSR count). The number of benzene rings is 2. The van der Waals surface area contributed by atoms with Crippen LogP contribution in [0, 0.1) is 11.3 Å². The Labute approximate surface area is 209 Å². The summed E-state index contributed by atoms with van der Waals surface area (Å²) in [6.07, 6.45) is -0.711. The molecule has 2 amide bonds. The third-order valence-corrected chi connectivity index (χ3v) is 6.79. The topological polar surface area (TPSA) is 119 Å². The molecule has 9 nitrogen and oxygen atoms in total. The first-order valence-electron chi connectivity index (χ1n) is 10.0. The molecule has 2 N–H and O–H groups in total. The highest BCUT2D eigenvalue weighted by Crippen LogP contribution is 2.39. The number of nitriles is 1. The summed E-state index contributed by atoms with van der Waals surface area (Å²) in [6, 6.07) is 12.2. The lowest BCUT2D eigenvalue weighted by Gasteiger charge is -2.29. The van der Waals surface area contributed by atoms with Crippen molar-refractivity contribution >= 4 is 79.0 Å². The van der Waals surface area contributed by atoms with Crippen LogP contribution in [0.5, 0.6) is 0 Å². The van der Waals surface area contributed by atoms with Crippen molar-refractivity contribution in [2.75, 3.05) is 28.3 Å².